The summed E-state index contributed by atoms with van der Waals surface area (Å²) in [5, 5.41) is 9.61. The van der Waals surface area contributed by atoms with Crippen LogP contribution in [0.1, 0.15) is 99.2 Å². The third-order valence-corrected chi connectivity index (χ3v) is 6.96. The standard InChI is InChI=1S/C34H41NO2/c1-4-6-7-8-9-10-12-27-15-22-33(32(24-27)25-35)37-34(36)31-20-18-30(19-21-31)29-16-13-28(14-17-29)23-26(3)11-5-2/h13-22,24,26H,4-12,23H2,1-3H3. The Morgan fingerprint density at radius 3 is 2.08 bits per heavy atom. The van der Waals surface area contributed by atoms with Crippen LogP contribution in [0.15, 0.2) is 66.7 Å². The van der Waals surface area contributed by atoms with Crippen molar-refractivity contribution < 1.29 is 9.53 Å². The topological polar surface area (TPSA) is 50.1 Å². The summed E-state index contributed by atoms with van der Waals surface area (Å²) in [6, 6.07) is 23.9. The first-order valence-corrected chi connectivity index (χ1v) is 14.0. The first-order chi connectivity index (χ1) is 18.0. The van der Waals surface area contributed by atoms with E-state index in [-0.39, 0.29) is 0 Å². The fourth-order valence-corrected chi connectivity index (χ4v) is 4.81. The summed E-state index contributed by atoms with van der Waals surface area (Å²) in [6.07, 6.45) is 11.9. The van der Waals surface area contributed by atoms with Crippen molar-refractivity contribution in [3.05, 3.63) is 89.0 Å². The maximum Gasteiger partial charge on any atom is 0.343 e. The number of hydrogen-bond donors (Lipinski definition) is 0. The lowest BCUT2D eigenvalue weighted by molar-refractivity contribution is 0.0734. The van der Waals surface area contributed by atoms with Crippen LogP contribution in [-0.2, 0) is 12.8 Å². The number of hydrogen-bond acceptors (Lipinski definition) is 3. The van der Waals surface area contributed by atoms with E-state index in [0.717, 1.165) is 36.0 Å². The Morgan fingerprint density at radius 2 is 1.43 bits per heavy atom. The summed E-state index contributed by atoms with van der Waals surface area (Å²) >= 11 is 0. The van der Waals surface area contributed by atoms with Gasteiger partial charge in [0.2, 0.25) is 0 Å². The second-order valence-electron chi connectivity index (χ2n) is 10.2. The van der Waals surface area contributed by atoms with Gasteiger partial charge in [0.25, 0.3) is 0 Å². The van der Waals surface area contributed by atoms with Crippen molar-refractivity contribution in [1.82, 2.24) is 0 Å². The van der Waals surface area contributed by atoms with Gasteiger partial charge < -0.3 is 4.74 Å². The molecule has 0 aliphatic carbocycles. The van der Waals surface area contributed by atoms with Gasteiger partial charge in [0.15, 0.2) is 0 Å². The molecule has 194 valence electrons. The second kappa shape index (κ2) is 15.0. The number of ether oxygens (including phenoxy) is 1. The molecule has 0 N–H and O–H groups in total. The van der Waals surface area contributed by atoms with Crippen LogP contribution in [0.4, 0.5) is 0 Å². The van der Waals surface area contributed by atoms with Gasteiger partial charge in [-0.1, -0.05) is 108 Å². The van der Waals surface area contributed by atoms with E-state index in [2.05, 4.69) is 51.1 Å². The Bertz CT molecular complexity index is 1160. The van der Waals surface area contributed by atoms with E-state index in [1.54, 1.807) is 18.2 Å². The van der Waals surface area contributed by atoms with Crippen molar-refractivity contribution in [2.45, 2.75) is 85.0 Å². The molecule has 3 aromatic rings. The Balaban J connectivity index is 1.57. The molecule has 3 aromatic carbocycles. The lowest BCUT2D eigenvalue weighted by atomic mass is 9.95. The van der Waals surface area contributed by atoms with E-state index in [1.165, 1.54) is 50.5 Å². The van der Waals surface area contributed by atoms with E-state index in [9.17, 15) is 10.1 Å². The Morgan fingerprint density at radius 1 is 0.811 bits per heavy atom. The lowest BCUT2D eigenvalue weighted by Crippen LogP contribution is -2.09. The molecule has 3 rings (SSSR count). The molecule has 0 radical (unpaired) electrons. The Kier molecular flexibility index (Phi) is 11.4. The van der Waals surface area contributed by atoms with E-state index in [0.29, 0.717) is 22.8 Å². The molecule has 0 aliphatic rings. The zero-order valence-corrected chi connectivity index (χ0v) is 22.8. The summed E-state index contributed by atoms with van der Waals surface area (Å²) in [5.74, 6) is 0.558. The van der Waals surface area contributed by atoms with Gasteiger partial charge in [-0.15, -0.1) is 0 Å². The number of carbonyl (C=O) groups is 1. The molecule has 1 atom stereocenters. The fourth-order valence-electron chi connectivity index (χ4n) is 4.81. The van der Waals surface area contributed by atoms with Crippen LogP contribution < -0.4 is 4.74 Å². The van der Waals surface area contributed by atoms with Crippen molar-refractivity contribution in [3.63, 3.8) is 0 Å². The van der Waals surface area contributed by atoms with Crippen LogP contribution in [0.25, 0.3) is 11.1 Å². The molecule has 0 saturated heterocycles. The minimum atomic E-state index is -0.452. The Labute approximate surface area is 223 Å². The second-order valence-corrected chi connectivity index (χ2v) is 10.2. The number of aryl methyl sites for hydroxylation is 1. The van der Waals surface area contributed by atoms with Gasteiger partial charge in [0.05, 0.1) is 11.1 Å². The van der Waals surface area contributed by atoms with Crippen LogP contribution in [0.2, 0.25) is 0 Å². The molecule has 0 fully saturated rings. The highest BCUT2D eigenvalue weighted by Crippen LogP contribution is 2.25. The van der Waals surface area contributed by atoms with E-state index < -0.39 is 5.97 Å². The first-order valence-electron chi connectivity index (χ1n) is 14.0. The first kappa shape index (κ1) is 28.2. The molecular weight excluding hydrogens is 454 g/mol. The highest BCUT2D eigenvalue weighted by molar-refractivity contribution is 5.92. The maximum atomic E-state index is 12.8. The van der Waals surface area contributed by atoms with Crippen LogP contribution in [0.3, 0.4) is 0 Å². The van der Waals surface area contributed by atoms with Crippen molar-refractivity contribution >= 4 is 5.97 Å². The third-order valence-electron chi connectivity index (χ3n) is 6.96. The van der Waals surface area contributed by atoms with Gasteiger partial charge in [0, 0.05) is 0 Å². The predicted molar refractivity (Wildman–Crippen MR) is 153 cm³/mol. The number of carbonyl (C=O) groups excluding carboxylic acids is 1. The molecule has 0 spiro atoms. The van der Waals surface area contributed by atoms with Gasteiger partial charge in [-0.25, -0.2) is 4.79 Å². The Hall–Kier alpha value is -3.38. The molecule has 0 aromatic heterocycles. The van der Waals surface area contributed by atoms with Gasteiger partial charge in [-0.3, -0.25) is 0 Å². The molecule has 37 heavy (non-hydrogen) atoms. The number of nitrogens with zero attached hydrogens (tertiary/aromatic N) is 1. The minimum absolute atomic E-state index is 0.316. The molecular formula is C34H41NO2. The number of rotatable bonds is 14. The quantitative estimate of drug-likeness (QED) is 0.127. The number of nitriles is 1. The van der Waals surface area contributed by atoms with E-state index >= 15 is 0 Å². The molecule has 3 nitrogen and oxygen atoms in total. The average molecular weight is 496 g/mol. The lowest BCUT2D eigenvalue weighted by Gasteiger charge is -2.11. The summed E-state index contributed by atoms with van der Waals surface area (Å²) < 4.78 is 5.60. The van der Waals surface area contributed by atoms with Crippen LogP contribution in [0, 0.1) is 17.2 Å². The molecule has 3 heteroatoms. The van der Waals surface area contributed by atoms with Crippen LogP contribution >= 0.6 is 0 Å². The van der Waals surface area contributed by atoms with Gasteiger partial charge in [0.1, 0.15) is 11.8 Å². The minimum Gasteiger partial charge on any atom is -0.422 e. The van der Waals surface area contributed by atoms with Gasteiger partial charge in [-0.05, 0) is 71.7 Å². The molecule has 0 amide bonds. The smallest absolute Gasteiger partial charge is 0.343 e. The van der Waals surface area contributed by atoms with Crippen molar-refractivity contribution in [2.75, 3.05) is 0 Å². The van der Waals surface area contributed by atoms with Gasteiger partial charge in [-0.2, -0.15) is 5.26 Å². The largest absolute Gasteiger partial charge is 0.422 e. The highest BCUT2D eigenvalue weighted by Gasteiger charge is 2.13. The third kappa shape index (κ3) is 8.90. The molecule has 0 bridgehead atoms. The number of esters is 1. The van der Waals surface area contributed by atoms with Crippen molar-refractivity contribution in [1.29, 1.82) is 5.26 Å². The SMILES string of the molecule is CCCCCCCCc1ccc(OC(=O)c2ccc(-c3ccc(CC(C)CCC)cc3)cc2)c(C#N)c1. The summed E-state index contributed by atoms with van der Waals surface area (Å²) in [5.41, 5.74) is 5.52. The van der Waals surface area contributed by atoms with Crippen LogP contribution in [0.5, 0.6) is 5.75 Å². The van der Waals surface area contributed by atoms with E-state index in [4.69, 9.17) is 4.74 Å². The van der Waals surface area contributed by atoms with Crippen LogP contribution in [-0.4, -0.2) is 5.97 Å². The summed E-state index contributed by atoms with van der Waals surface area (Å²) in [4.78, 5) is 12.8. The van der Waals surface area contributed by atoms with Gasteiger partial charge >= 0.3 is 5.97 Å². The average Bonchev–Trinajstić information content (AvgIpc) is 2.92. The number of unbranched alkanes of at least 4 members (excludes halogenated alkanes) is 5. The summed E-state index contributed by atoms with van der Waals surface area (Å²) in [7, 11) is 0. The fraction of sp³-hybridized carbons (Fsp3) is 0.412. The normalized spacial score (nSPS) is 11.6. The number of benzene rings is 3. The van der Waals surface area contributed by atoms with Crippen molar-refractivity contribution in [2.24, 2.45) is 5.92 Å². The zero-order chi connectivity index (χ0) is 26.5. The molecule has 1 unspecified atom stereocenters. The highest BCUT2D eigenvalue weighted by atomic mass is 16.5. The van der Waals surface area contributed by atoms with Crippen molar-refractivity contribution in [3.8, 4) is 22.9 Å². The maximum absolute atomic E-state index is 12.8. The molecule has 0 saturated carbocycles. The predicted octanol–water partition coefficient (Wildman–Crippen LogP) is 9.33. The molecule has 0 heterocycles. The monoisotopic (exact) mass is 495 g/mol. The summed E-state index contributed by atoms with van der Waals surface area (Å²) in [6.45, 7) is 6.76. The van der Waals surface area contributed by atoms with E-state index in [1.807, 2.05) is 24.3 Å². The molecule has 0 aliphatic heterocycles. The zero-order valence-electron chi connectivity index (χ0n) is 22.8.